The lowest BCUT2D eigenvalue weighted by Crippen LogP contribution is -2.18. The molecule has 1 aromatic rings. The van der Waals surface area contributed by atoms with Crippen LogP contribution in [-0.2, 0) is 9.84 Å². The Hall–Kier alpha value is -1.58. The summed E-state index contributed by atoms with van der Waals surface area (Å²) in [4.78, 5) is 11.0. The molecule has 7 heteroatoms. The van der Waals surface area contributed by atoms with Gasteiger partial charge < -0.3 is 5.11 Å². The third kappa shape index (κ3) is 4.19. The molecule has 0 aliphatic carbocycles. The molecule has 0 aliphatic heterocycles. The second kappa shape index (κ2) is 6.04. The maximum atomic E-state index is 12.4. The molecule has 21 heavy (non-hydrogen) atoms. The number of sulfone groups is 1. The number of halogens is 1. The van der Waals surface area contributed by atoms with Crippen molar-refractivity contribution in [2.24, 2.45) is 5.41 Å². The number of benzene rings is 1. The van der Waals surface area contributed by atoms with Gasteiger partial charge in [0.15, 0.2) is 9.84 Å². The van der Waals surface area contributed by atoms with E-state index in [0.717, 1.165) is 0 Å². The molecule has 0 amide bonds. The van der Waals surface area contributed by atoms with Gasteiger partial charge in [0.25, 0.3) is 0 Å². The molecule has 0 spiro atoms. The van der Waals surface area contributed by atoms with E-state index in [0.29, 0.717) is 0 Å². The summed E-state index contributed by atoms with van der Waals surface area (Å²) in [5.41, 5.74) is -0.753. The third-order valence-corrected chi connectivity index (χ3v) is 5.24. The van der Waals surface area contributed by atoms with Crippen molar-refractivity contribution in [2.75, 3.05) is 5.75 Å². The van der Waals surface area contributed by atoms with E-state index < -0.39 is 21.2 Å². The molecule has 0 atom stereocenters. The summed E-state index contributed by atoms with van der Waals surface area (Å²) in [6, 6.07) is 4.50. The predicted molar refractivity (Wildman–Crippen MR) is 79.2 cm³/mol. The number of hydrogen-bond acceptors (Lipinski definition) is 4. The number of hydrogen-bond donors (Lipinski definition) is 1. The van der Waals surface area contributed by atoms with Gasteiger partial charge in [0, 0.05) is 5.02 Å². The van der Waals surface area contributed by atoms with Crippen molar-refractivity contribution in [3.05, 3.63) is 28.3 Å². The highest BCUT2D eigenvalue weighted by Gasteiger charge is 2.26. The summed E-state index contributed by atoms with van der Waals surface area (Å²) in [6.45, 7) is 4.73. The molecular weight excluding hydrogens is 314 g/mol. The van der Waals surface area contributed by atoms with Crippen molar-refractivity contribution in [3.63, 3.8) is 0 Å². The van der Waals surface area contributed by atoms with Crippen molar-refractivity contribution in [3.8, 4) is 6.07 Å². The van der Waals surface area contributed by atoms with Crippen LogP contribution in [-0.4, -0.2) is 25.2 Å². The molecular formula is C14H16ClNO4S. The molecule has 0 saturated heterocycles. The maximum absolute atomic E-state index is 12.4. The zero-order valence-electron chi connectivity index (χ0n) is 12.0. The summed E-state index contributed by atoms with van der Waals surface area (Å²) in [7, 11) is -3.71. The van der Waals surface area contributed by atoms with Gasteiger partial charge in [-0.05, 0) is 44.9 Å². The van der Waals surface area contributed by atoms with Crippen molar-refractivity contribution < 1.29 is 18.3 Å². The number of aromatic carboxylic acids is 1. The average molecular weight is 330 g/mol. The van der Waals surface area contributed by atoms with Gasteiger partial charge in [0.1, 0.15) is 0 Å². The van der Waals surface area contributed by atoms with Crippen LogP contribution >= 0.6 is 11.6 Å². The molecule has 0 aromatic heterocycles. The Balaban J connectivity index is 3.27. The first-order chi connectivity index (χ1) is 9.50. The number of rotatable bonds is 5. The van der Waals surface area contributed by atoms with Gasteiger partial charge in [-0.1, -0.05) is 11.6 Å². The van der Waals surface area contributed by atoms with Gasteiger partial charge in [-0.25, -0.2) is 13.2 Å². The van der Waals surface area contributed by atoms with Crippen LogP contribution in [0.2, 0.25) is 5.02 Å². The average Bonchev–Trinajstić information content (AvgIpc) is 2.38. The molecule has 0 radical (unpaired) electrons. The molecule has 0 saturated carbocycles. The van der Waals surface area contributed by atoms with Crippen LogP contribution in [0.15, 0.2) is 17.0 Å². The first kappa shape index (κ1) is 17.5. The molecule has 1 aromatic carbocycles. The summed E-state index contributed by atoms with van der Waals surface area (Å²) >= 11 is 5.81. The summed E-state index contributed by atoms with van der Waals surface area (Å²) < 4.78 is 24.8. The highest BCUT2D eigenvalue weighted by Crippen LogP contribution is 2.28. The van der Waals surface area contributed by atoms with Crippen LogP contribution < -0.4 is 0 Å². The highest BCUT2D eigenvalue weighted by molar-refractivity contribution is 7.91. The molecule has 0 heterocycles. The summed E-state index contributed by atoms with van der Waals surface area (Å²) in [5.74, 6) is -1.47. The van der Waals surface area contributed by atoms with E-state index in [4.69, 9.17) is 22.0 Å². The standard InChI is InChI=1S/C14H16ClNO4S/c1-9-11(13(17)18)6-10(15)7-12(9)21(19,20)5-4-14(2,3)8-16/h6-7H,4-5H2,1-3H3,(H,17,18). The van der Waals surface area contributed by atoms with Crippen molar-refractivity contribution in [2.45, 2.75) is 32.1 Å². The predicted octanol–water partition coefficient (Wildman–Crippen LogP) is 3.06. The van der Waals surface area contributed by atoms with Gasteiger partial charge in [-0.2, -0.15) is 5.26 Å². The molecule has 1 N–H and O–H groups in total. The molecule has 5 nitrogen and oxygen atoms in total. The monoisotopic (exact) mass is 329 g/mol. The van der Waals surface area contributed by atoms with E-state index in [1.807, 2.05) is 6.07 Å². The largest absolute Gasteiger partial charge is 0.478 e. The minimum absolute atomic E-state index is 0.0520. The van der Waals surface area contributed by atoms with Gasteiger partial charge in [-0.15, -0.1) is 0 Å². The zero-order valence-corrected chi connectivity index (χ0v) is 13.5. The molecule has 1 rings (SSSR count). The topological polar surface area (TPSA) is 95.2 Å². The first-order valence-corrected chi connectivity index (χ1v) is 8.20. The van der Waals surface area contributed by atoms with E-state index >= 15 is 0 Å². The van der Waals surface area contributed by atoms with Gasteiger partial charge >= 0.3 is 5.97 Å². The fraction of sp³-hybridized carbons (Fsp3) is 0.429. The normalized spacial score (nSPS) is 12.0. The van der Waals surface area contributed by atoms with Gasteiger partial charge in [0.05, 0.1) is 27.7 Å². The molecule has 0 bridgehead atoms. The Morgan fingerprint density at radius 3 is 2.48 bits per heavy atom. The van der Waals surface area contributed by atoms with Crippen LogP contribution in [0.1, 0.15) is 36.2 Å². The third-order valence-electron chi connectivity index (χ3n) is 3.19. The van der Waals surface area contributed by atoms with Gasteiger partial charge in [0.2, 0.25) is 0 Å². The van der Waals surface area contributed by atoms with E-state index in [9.17, 15) is 13.2 Å². The number of carboxylic acid groups (broad SMARTS) is 1. The molecule has 114 valence electrons. The number of carboxylic acids is 1. The summed E-state index contributed by atoms with van der Waals surface area (Å²) in [6.07, 6.45) is 0.153. The van der Waals surface area contributed by atoms with Crippen LogP contribution in [0.3, 0.4) is 0 Å². The van der Waals surface area contributed by atoms with Crippen LogP contribution in [0.4, 0.5) is 0 Å². The van der Waals surface area contributed by atoms with Crippen LogP contribution in [0.25, 0.3) is 0 Å². The van der Waals surface area contributed by atoms with E-state index in [1.165, 1.54) is 19.1 Å². The fourth-order valence-corrected chi connectivity index (χ4v) is 3.92. The van der Waals surface area contributed by atoms with Crippen molar-refractivity contribution in [1.82, 2.24) is 0 Å². The Labute approximate surface area is 129 Å². The maximum Gasteiger partial charge on any atom is 0.336 e. The first-order valence-electron chi connectivity index (χ1n) is 6.17. The lowest BCUT2D eigenvalue weighted by molar-refractivity contribution is 0.0696. The zero-order chi connectivity index (χ0) is 16.4. The fourth-order valence-electron chi connectivity index (χ4n) is 1.75. The Morgan fingerprint density at radius 2 is 2.00 bits per heavy atom. The quantitative estimate of drug-likeness (QED) is 0.895. The van der Waals surface area contributed by atoms with E-state index in [-0.39, 0.29) is 33.2 Å². The van der Waals surface area contributed by atoms with Crippen molar-refractivity contribution >= 4 is 27.4 Å². The minimum atomic E-state index is -3.71. The molecule has 0 aliphatic rings. The smallest absolute Gasteiger partial charge is 0.336 e. The Morgan fingerprint density at radius 1 is 1.43 bits per heavy atom. The highest BCUT2D eigenvalue weighted by atomic mass is 35.5. The second-order valence-corrected chi connectivity index (χ2v) is 7.96. The number of carbonyl (C=O) groups is 1. The number of nitrogens with zero attached hydrogens (tertiary/aromatic N) is 1. The van der Waals surface area contributed by atoms with Crippen LogP contribution in [0, 0.1) is 23.7 Å². The number of nitriles is 1. The molecule has 0 unspecified atom stereocenters. The minimum Gasteiger partial charge on any atom is -0.478 e. The molecule has 0 fully saturated rings. The SMILES string of the molecule is Cc1c(C(=O)O)cc(Cl)cc1S(=O)(=O)CCC(C)(C)C#N. The van der Waals surface area contributed by atoms with Crippen molar-refractivity contribution in [1.29, 1.82) is 5.26 Å². The Kier molecular flexibility index (Phi) is 5.03. The Bertz CT molecular complexity index is 717. The van der Waals surface area contributed by atoms with E-state index in [2.05, 4.69) is 0 Å². The van der Waals surface area contributed by atoms with Gasteiger partial charge in [-0.3, -0.25) is 0 Å². The van der Waals surface area contributed by atoms with E-state index in [1.54, 1.807) is 13.8 Å². The lowest BCUT2D eigenvalue weighted by atomic mass is 9.93. The summed E-state index contributed by atoms with van der Waals surface area (Å²) in [5, 5.41) is 18.1. The van der Waals surface area contributed by atoms with Crippen LogP contribution in [0.5, 0.6) is 0 Å². The second-order valence-electron chi connectivity index (χ2n) is 5.45. The lowest BCUT2D eigenvalue weighted by Gasteiger charge is -2.16.